The first-order chi connectivity index (χ1) is 20.2. The molecular formula is C32H35Cl2N3O5S. The predicted octanol–water partition coefficient (Wildman–Crippen LogP) is 5.91. The van der Waals surface area contributed by atoms with Crippen LogP contribution in [-0.2, 0) is 14.8 Å². The van der Waals surface area contributed by atoms with E-state index in [-0.39, 0.29) is 44.2 Å². The lowest BCUT2D eigenvalue weighted by Crippen LogP contribution is -2.55. The van der Waals surface area contributed by atoms with Crippen LogP contribution in [0, 0.1) is 11.3 Å². The normalized spacial score (nSPS) is 17.3. The van der Waals surface area contributed by atoms with Crippen molar-refractivity contribution in [1.29, 1.82) is 0 Å². The van der Waals surface area contributed by atoms with Gasteiger partial charge in [-0.25, -0.2) is 13.1 Å². The maximum atomic E-state index is 13.7. The molecule has 0 unspecified atom stereocenters. The molecule has 0 radical (unpaired) electrons. The summed E-state index contributed by atoms with van der Waals surface area (Å²) in [5.74, 6) is -1.61. The Kier molecular flexibility index (Phi) is 9.89. The molecule has 0 aromatic heterocycles. The molecule has 3 amide bonds. The second-order valence-electron chi connectivity index (χ2n) is 11.8. The van der Waals surface area contributed by atoms with Gasteiger partial charge < -0.3 is 10.2 Å². The van der Waals surface area contributed by atoms with Crippen LogP contribution in [0.2, 0.25) is 10.0 Å². The number of hydrogen-bond acceptors (Lipinski definition) is 5. The summed E-state index contributed by atoms with van der Waals surface area (Å²) in [6.07, 6.45) is 0.771. The Hall–Kier alpha value is -3.40. The molecule has 2 atom stereocenters. The molecule has 0 aliphatic carbocycles. The molecule has 1 saturated heterocycles. The number of likely N-dealkylation sites (tertiary alicyclic amines) is 1. The fourth-order valence-corrected chi connectivity index (χ4v) is 7.11. The molecule has 8 nitrogen and oxygen atoms in total. The zero-order chi connectivity index (χ0) is 31.5. The van der Waals surface area contributed by atoms with Gasteiger partial charge >= 0.3 is 0 Å². The Balaban J connectivity index is 1.45. The maximum absolute atomic E-state index is 13.7. The lowest BCUT2D eigenvalue weighted by Gasteiger charge is -2.45. The summed E-state index contributed by atoms with van der Waals surface area (Å²) >= 11 is 12.1. The highest BCUT2D eigenvalue weighted by atomic mass is 35.5. The first-order valence-electron chi connectivity index (χ1n) is 14.0. The molecule has 1 aliphatic heterocycles. The summed E-state index contributed by atoms with van der Waals surface area (Å²) in [5, 5.41) is 3.49. The minimum Gasteiger partial charge on any atom is -0.340 e. The molecule has 3 aromatic carbocycles. The van der Waals surface area contributed by atoms with Crippen LogP contribution in [0.1, 0.15) is 66.3 Å². The number of nitrogens with one attached hydrogen (secondary N) is 2. The summed E-state index contributed by atoms with van der Waals surface area (Å²) < 4.78 is 27.4. The standard InChI is InChI=1S/C32H35Cl2N3O5S/c1-20(2)28(31(40)37-17-16-25(32(3,4)19-37)21-12-14-24(33)15-13-21)35-29(38)22-8-7-9-23(18-22)30(39)36-43(41,42)27-11-6-5-10-26(27)34/h5-15,18,20,25,28H,16-17,19H2,1-4H3,(H,35,38)(H,36,39)/t25-,28-/m1/s1. The number of benzene rings is 3. The molecule has 0 saturated carbocycles. The van der Waals surface area contributed by atoms with Gasteiger partial charge in [0.2, 0.25) is 5.91 Å². The summed E-state index contributed by atoms with van der Waals surface area (Å²) in [7, 11) is -4.25. The molecule has 0 bridgehead atoms. The van der Waals surface area contributed by atoms with Crippen molar-refractivity contribution in [3.05, 3.63) is 99.5 Å². The topological polar surface area (TPSA) is 113 Å². The number of carbonyl (C=O) groups excluding carboxylic acids is 3. The molecule has 1 heterocycles. The van der Waals surface area contributed by atoms with Gasteiger partial charge in [0, 0.05) is 29.2 Å². The van der Waals surface area contributed by atoms with E-state index in [1.165, 1.54) is 48.0 Å². The van der Waals surface area contributed by atoms with Crippen LogP contribution in [0.5, 0.6) is 0 Å². The fraction of sp³-hybridized carbons (Fsp3) is 0.344. The Bertz CT molecular complexity index is 1620. The van der Waals surface area contributed by atoms with E-state index in [2.05, 4.69) is 19.2 Å². The van der Waals surface area contributed by atoms with Gasteiger partial charge in [0.05, 0.1) is 5.02 Å². The van der Waals surface area contributed by atoms with Crippen molar-refractivity contribution < 1.29 is 22.8 Å². The predicted molar refractivity (Wildman–Crippen MR) is 168 cm³/mol. The number of halogens is 2. The van der Waals surface area contributed by atoms with Crippen molar-refractivity contribution in [3.63, 3.8) is 0 Å². The van der Waals surface area contributed by atoms with E-state index >= 15 is 0 Å². The molecule has 4 rings (SSSR count). The molecule has 43 heavy (non-hydrogen) atoms. The number of piperidine rings is 1. The SMILES string of the molecule is CC(C)[C@@H](NC(=O)c1cccc(C(=O)NS(=O)(=O)c2ccccc2Cl)c1)C(=O)N1CC[C@H](c2ccc(Cl)cc2)C(C)(C)C1. The highest BCUT2D eigenvalue weighted by Gasteiger charge is 2.40. The van der Waals surface area contributed by atoms with Gasteiger partial charge in [-0.1, -0.05) is 81.2 Å². The van der Waals surface area contributed by atoms with Crippen LogP contribution in [0.25, 0.3) is 0 Å². The molecule has 11 heteroatoms. The van der Waals surface area contributed by atoms with Crippen molar-refractivity contribution in [2.75, 3.05) is 13.1 Å². The Morgan fingerprint density at radius 2 is 1.53 bits per heavy atom. The smallest absolute Gasteiger partial charge is 0.265 e. The first-order valence-corrected chi connectivity index (χ1v) is 16.2. The van der Waals surface area contributed by atoms with Crippen molar-refractivity contribution in [2.45, 2.75) is 51.0 Å². The van der Waals surface area contributed by atoms with E-state index in [4.69, 9.17) is 23.2 Å². The van der Waals surface area contributed by atoms with Crippen LogP contribution < -0.4 is 10.0 Å². The first kappa shape index (κ1) is 32.5. The van der Waals surface area contributed by atoms with E-state index in [9.17, 15) is 22.8 Å². The Labute approximate surface area is 262 Å². The molecule has 228 valence electrons. The zero-order valence-electron chi connectivity index (χ0n) is 24.4. The summed E-state index contributed by atoms with van der Waals surface area (Å²) in [6.45, 7) is 9.06. The van der Waals surface area contributed by atoms with Gasteiger partial charge in [0.1, 0.15) is 10.9 Å². The molecule has 0 spiro atoms. The van der Waals surface area contributed by atoms with Crippen LogP contribution in [0.4, 0.5) is 0 Å². The van der Waals surface area contributed by atoms with E-state index in [1.807, 2.05) is 42.8 Å². The van der Waals surface area contributed by atoms with Crippen molar-refractivity contribution in [1.82, 2.24) is 14.9 Å². The number of nitrogens with zero attached hydrogens (tertiary/aromatic N) is 1. The largest absolute Gasteiger partial charge is 0.340 e. The quantitative estimate of drug-likeness (QED) is 0.317. The van der Waals surface area contributed by atoms with E-state index in [1.54, 1.807) is 11.0 Å². The average molecular weight is 645 g/mol. The van der Waals surface area contributed by atoms with E-state index < -0.39 is 27.9 Å². The summed E-state index contributed by atoms with van der Waals surface area (Å²) in [4.78, 5) is 41.4. The van der Waals surface area contributed by atoms with Gasteiger partial charge in [-0.15, -0.1) is 0 Å². The summed E-state index contributed by atoms with van der Waals surface area (Å²) in [5.41, 5.74) is 1.04. The van der Waals surface area contributed by atoms with Gasteiger partial charge in [-0.2, -0.15) is 0 Å². The van der Waals surface area contributed by atoms with Gasteiger partial charge in [0.15, 0.2) is 0 Å². The third-order valence-electron chi connectivity index (χ3n) is 7.77. The molecule has 2 N–H and O–H groups in total. The zero-order valence-corrected chi connectivity index (χ0v) is 26.8. The van der Waals surface area contributed by atoms with Crippen LogP contribution in [0.3, 0.4) is 0 Å². The molecule has 1 fully saturated rings. The number of hydrogen-bond donors (Lipinski definition) is 2. The van der Waals surface area contributed by atoms with Crippen LogP contribution in [0.15, 0.2) is 77.7 Å². The third-order valence-corrected chi connectivity index (χ3v) is 9.86. The highest BCUT2D eigenvalue weighted by molar-refractivity contribution is 7.90. The van der Waals surface area contributed by atoms with Crippen LogP contribution >= 0.6 is 23.2 Å². The lowest BCUT2D eigenvalue weighted by molar-refractivity contribution is -0.137. The monoisotopic (exact) mass is 643 g/mol. The number of sulfonamides is 1. The second-order valence-corrected chi connectivity index (χ2v) is 14.3. The van der Waals surface area contributed by atoms with Crippen molar-refractivity contribution in [3.8, 4) is 0 Å². The van der Waals surface area contributed by atoms with Gasteiger partial charge in [-0.3, -0.25) is 14.4 Å². The van der Waals surface area contributed by atoms with Crippen molar-refractivity contribution in [2.24, 2.45) is 11.3 Å². The molecular weight excluding hydrogens is 609 g/mol. The maximum Gasteiger partial charge on any atom is 0.265 e. The average Bonchev–Trinajstić information content (AvgIpc) is 2.95. The van der Waals surface area contributed by atoms with Gasteiger partial charge in [0.25, 0.3) is 21.8 Å². The third kappa shape index (κ3) is 7.58. The number of amides is 3. The van der Waals surface area contributed by atoms with Crippen molar-refractivity contribution >= 4 is 50.9 Å². The summed E-state index contributed by atoms with van der Waals surface area (Å²) in [6, 6.07) is 18.4. The van der Waals surface area contributed by atoms with Gasteiger partial charge in [-0.05, 0) is 71.7 Å². The van der Waals surface area contributed by atoms with E-state index in [0.717, 1.165) is 6.42 Å². The molecule has 3 aromatic rings. The Morgan fingerprint density at radius 1 is 0.907 bits per heavy atom. The Morgan fingerprint density at radius 3 is 2.14 bits per heavy atom. The molecule has 1 aliphatic rings. The van der Waals surface area contributed by atoms with E-state index in [0.29, 0.717) is 18.1 Å². The fourth-order valence-electron chi connectivity index (χ4n) is 5.49. The lowest BCUT2D eigenvalue weighted by atomic mass is 9.70. The minimum absolute atomic E-state index is 0.0297. The highest BCUT2D eigenvalue weighted by Crippen LogP contribution is 2.42. The second kappa shape index (κ2) is 13.1. The number of rotatable bonds is 8. The van der Waals surface area contributed by atoms with Crippen LogP contribution in [-0.4, -0.2) is 50.2 Å². The minimum atomic E-state index is -4.25. The number of carbonyl (C=O) groups is 3.